The summed E-state index contributed by atoms with van der Waals surface area (Å²) in [6.07, 6.45) is 5.40. The number of hydrogen-bond donors (Lipinski definition) is 2. The van der Waals surface area contributed by atoms with Gasteiger partial charge in [0.05, 0.1) is 0 Å². The summed E-state index contributed by atoms with van der Waals surface area (Å²) in [4.78, 5) is 9.36. The molecule has 3 rings (SSSR count). The van der Waals surface area contributed by atoms with Gasteiger partial charge in [-0.3, -0.25) is 14.8 Å². The van der Waals surface area contributed by atoms with Gasteiger partial charge in [-0.1, -0.05) is 24.3 Å². The molecule has 2 N–H and O–H groups in total. The van der Waals surface area contributed by atoms with Gasteiger partial charge >= 0.3 is 0 Å². The van der Waals surface area contributed by atoms with E-state index in [0.29, 0.717) is 6.04 Å². The van der Waals surface area contributed by atoms with Crippen LogP contribution in [0.1, 0.15) is 43.7 Å². The number of nitrogens with one attached hydrogen (secondary N) is 2. The molecule has 0 spiro atoms. The minimum atomic E-state index is 0.519. The number of likely N-dealkylation sites (N-methyl/N-ethyl adjacent to an activating group) is 1. The lowest BCUT2D eigenvalue weighted by Crippen LogP contribution is -2.45. The van der Waals surface area contributed by atoms with Crippen LogP contribution in [-0.4, -0.2) is 61.6 Å². The Morgan fingerprint density at radius 2 is 1.81 bits per heavy atom. The number of benzene rings is 1. The molecule has 1 unspecified atom stereocenters. The van der Waals surface area contributed by atoms with E-state index in [0.717, 1.165) is 31.6 Å². The summed E-state index contributed by atoms with van der Waals surface area (Å²) in [5.41, 5.74) is 2.70. The molecule has 0 aromatic heterocycles. The second kappa shape index (κ2) is 9.38. The van der Waals surface area contributed by atoms with Crippen LogP contribution in [0.4, 0.5) is 0 Å². The molecule has 1 saturated carbocycles. The van der Waals surface area contributed by atoms with Crippen molar-refractivity contribution in [1.82, 2.24) is 20.4 Å². The Kier molecular flexibility index (Phi) is 6.92. The first-order chi connectivity index (χ1) is 12.7. The Morgan fingerprint density at radius 3 is 2.42 bits per heavy atom. The largest absolute Gasteiger partial charge is 0.355 e. The van der Waals surface area contributed by atoms with Crippen LogP contribution < -0.4 is 10.6 Å². The maximum Gasteiger partial charge on any atom is 0.191 e. The standard InChI is InChI=1S/C21H35N5/c1-17(25(3)20-10-11-20)14-23-21(22-2)24-15-18-6-8-19(9-7-18)16-26-12-4-5-13-26/h6-9,17,20H,4-5,10-16H2,1-3H3,(H2,22,23,24). The molecule has 26 heavy (non-hydrogen) atoms. The normalized spacial score (nSPS) is 19.8. The van der Waals surface area contributed by atoms with Gasteiger partial charge in [0.2, 0.25) is 0 Å². The zero-order valence-electron chi connectivity index (χ0n) is 16.7. The quantitative estimate of drug-likeness (QED) is 0.554. The highest BCUT2D eigenvalue weighted by atomic mass is 15.2. The SMILES string of the molecule is CN=C(NCc1ccc(CN2CCCC2)cc1)NCC(C)N(C)C1CC1. The van der Waals surface area contributed by atoms with Crippen molar-refractivity contribution in [2.24, 2.45) is 4.99 Å². The van der Waals surface area contributed by atoms with Crippen molar-refractivity contribution in [3.05, 3.63) is 35.4 Å². The highest BCUT2D eigenvalue weighted by Crippen LogP contribution is 2.26. The molecule has 1 aromatic carbocycles. The molecule has 1 saturated heterocycles. The van der Waals surface area contributed by atoms with E-state index >= 15 is 0 Å². The predicted molar refractivity (Wildman–Crippen MR) is 109 cm³/mol. The molecular weight excluding hydrogens is 322 g/mol. The van der Waals surface area contributed by atoms with Crippen LogP contribution in [0.2, 0.25) is 0 Å². The number of hydrogen-bond acceptors (Lipinski definition) is 3. The number of nitrogens with zero attached hydrogens (tertiary/aromatic N) is 3. The number of rotatable bonds is 8. The smallest absolute Gasteiger partial charge is 0.191 e. The third-order valence-corrected chi connectivity index (χ3v) is 5.69. The van der Waals surface area contributed by atoms with Crippen LogP contribution in [0.15, 0.2) is 29.3 Å². The Hall–Kier alpha value is -1.59. The summed E-state index contributed by atoms with van der Waals surface area (Å²) in [5, 5.41) is 6.88. The average Bonchev–Trinajstić information content (AvgIpc) is 3.39. The molecule has 1 heterocycles. The highest BCUT2D eigenvalue weighted by Gasteiger charge is 2.28. The van der Waals surface area contributed by atoms with Gasteiger partial charge in [-0.15, -0.1) is 0 Å². The Balaban J connectivity index is 1.40. The molecule has 0 amide bonds. The summed E-state index contributed by atoms with van der Waals surface area (Å²) < 4.78 is 0. The van der Waals surface area contributed by atoms with E-state index < -0.39 is 0 Å². The molecular formula is C21H35N5. The fraction of sp³-hybridized carbons (Fsp3) is 0.667. The zero-order valence-corrected chi connectivity index (χ0v) is 16.7. The molecule has 2 fully saturated rings. The Labute approximate surface area is 158 Å². The number of guanidine groups is 1. The molecule has 0 bridgehead atoms. The topological polar surface area (TPSA) is 42.9 Å². The summed E-state index contributed by atoms with van der Waals surface area (Å²) in [5.74, 6) is 0.877. The molecule has 5 nitrogen and oxygen atoms in total. The van der Waals surface area contributed by atoms with Gasteiger partial charge in [-0.05, 0) is 63.9 Å². The van der Waals surface area contributed by atoms with Crippen LogP contribution in [0, 0.1) is 0 Å². The Morgan fingerprint density at radius 1 is 1.15 bits per heavy atom. The maximum atomic E-state index is 4.35. The van der Waals surface area contributed by atoms with E-state index in [-0.39, 0.29) is 0 Å². The van der Waals surface area contributed by atoms with Crippen LogP contribution >= 0.6 is 0 Å². The first kappa shape index (κ1) is 19.2. The van der Waals surface area contributed by atoms with Crippen molar-refractivity contribution in [3.8, 4) is 0 Å². The minimum Gasteiger partial charge on any atom is -0.355 e. The van der Waals surface area contributed by atoms with Crippen LogP contribution in [0.25, 0.3) is 0 Å². The van der Waals surface area contributed by atoms with Crippen LogP contribution in [-0.2, 0) is 13.1 Å². The maximum absolute atomic E-state index is 4.35. The summed E-state index contributed by atoms with van der Waals surface area (Å²) in [6, 6.07) is 10.3. The highest BCUT2D eigenvalue weighted by molar-refractivity contribution is 5.79. The van der Waals surface area contributed by atoms with Gasteiger partial charge in [-0.2, -0.15) is 0 Å². The second-order valence-corrected chi connectivity index (χ2v) is 7.85. The summed E-state index contributed by atoms with van der Waals surface area (Å²) in [7, 11) is 4.06. The summed E-state index contributed by atoms with van der Waals surface area (Å²) in [6.45, 7) is 7.58. The first-order valence-electron chi connectivity index (χ1n) is 10.1. The van der Waals surface area contributed by atoms with E-state index in [9.17, 15) is 0 Å². The van der Waals surface area contributed by atoms with Gasteiger partial charge in [0.15, 0.2) is 5.96 Å². The van der Waals surface area contributed by atoms with E-state index in [4.69, 9.17) is 0 Å². The number of aliphatic imine (C=N–C) groups is 1. The lowest BCUT2D eigenvalue weighted by molar-refractivity contribution is 0.247. The third-order valence-electron chi connectivity index (χ3n) is 5.69. The lowest BCUT2D eigenvalue weighted by atomic mass is 10.1. The first-order valence-corrected chi connectivity index (χ1v) is 10.1. The fourth-order valence-corrected chi connectivity index (χ4v) is 3.60. The van der Waals surface area contributed by atoms with E-state index in [1.807, 2.05) is 7.05 Å². The molecule has 1 atom stereocenters. The minimum absolute atomic E-state index is 0.519. The second-order valence-electron chi connectivity index (χ2n) is 7.85. The van der Waals surface area contributed by atoms with Crippen molar-refractivity contribution in [2.75, 3.05) is 33.7 Å². The van der Waals surface area contributed by atoms with Gasteiger partial charge in [-0.25, -0.2) is 0 Å². The van der Waals surface area contributed by atoms with Crippen LogP contribution in [0.5, 0.6) is 0 Å². The Bertz CT molecular complexity index is 573. The number of likely N-dealkylation sites (tertiary alicyclic amines) is 1. The third kappa shape index (κ3) is 5.71. The zero-order chi connectivity index (χ0) is 18.4. The van der Waals surface area contributed by atoms with Gasteiger partial charge in [0.25, 0.3) is 0 Å². The van der Waals surface area contributed by atoms with E-state index in [2.05, 4.69) is 63.7 Å². The summed E-state index contributed by atoms with van der Waals surface area (Å²) >= 11 is 0. The van der Waals surface area contributed by atoms with E-state index in [1.54, 1.807) is 0 Å². The molecule has 5 heteroatoms. The molecule has 1 aliphatic carbocycles. The lowest BCUT2D eigenvalue weighted by Gasteiger charge is -2.25. The van der Waals surface area contributed by atoms with Crippen molar-refractivity contribution in [1.29, 1.82) is 0 Å². The van der Waals surface area contributed by atoms with Crippen molar-refractivity contribution in [3.63, 3.8) is 0 Å². The van der Waals surface area contributed by atoms with Gasteiger partial charge in [0, 0.05) is 38.8 Å². The van der Waals surface area contributed by atoms with Crippen molar-refractivity contribution < 1.29 is 0 Å². The van der Waals surface area contributed by atoms with Gasteiger partial charge in [0.1, 0.15) is 0 Å². The van der Waals surface area contributed by atoms with E-state index in [1.165, 1.54) is 49.9 Å². The molecule has 1 aromatic rings. The van der Waals surface area contributed by atoms with Gasteiger partial charge < -0.3 is 10.6 Å². The fourth-order valence-electron chi connectivity index (χ4n) is 3.60. The monoisotopic (exact) mass is 357 g/mol. The molecule has 144 valence electrons. The van der Waals surface area contributed by atoms with Crippen LogP contribution in [0.3, 0.4) is 0 Å². The van der Waals surface area contributed by atoms with Crippen molar-refractivity contribution in [2.45, 2.75) is 57.8 Å². The predicted octanol–water partition coefficient (Wildman–Crippen LogP) is 2.43. The average molecular weight is 358 g/mol. The van der Waals surface area contributed by atoms with Crippen molar-refractivity contribution >= 4 is 5.96 Å². The molecule has 0 radical (unpaired) electrons. The molecule has 1 aliphatic heterocycles. The molecule has 2 aliphatic rings.